The normalized spacial score (nSPS) is 10.1. The molecule has 0 spiro atoms. The van der Waals surface area contributed by atoms with Crippen LogP contribution in [0.3, 0.4) is 0 Å². The molecule has 0 radical (unpaired) electrons. The van der Waals surface area contributed by atoms with Gasteiger partial charge in [-0.3, -0.25) is 14.8 Å². The highest BCUT2D eigenvalue weighted by Gasteiger charge is 2.10. The third kappa shape index (κ3) is 4.89. The van der Waals surface area contributed by atoms with Crippen molar-refractivity contribution >= 4 is 17.3 Å². The Morgan fingerprint density at radius 3 is 2.74 bits per heavy atom. The van der Waals surface area contributed by atoms with E-state index in [9.17, 15) is 4.79 Å². The number of carbonyl (C=O) groups is 1. The van der Waals surface area contributed by atoms with E-state index < -0.39 is 0 Å². The van der Waals surface area contributed by atoms with Gasteiger partial charge in [0.25, 0.3) is 5.91 Å². The average molecular weight is 357 g/mol. The molecule has 0 bridgehead atoms. The van der Waals surface area contributed by atoms with Crippen LogP contribution in [-0.4, -0.2) is 29.5 Å². The third-order valence-electron chi connectivity index (χ3n) is 4.16. The standard InChI is InChI=1S/C21H19N5O/c1-26(10-7-16-5-8-23-9-6-16)20-12-18(14-24-15-20)21(27)25-19-4-2-3-17(11-19)13-22/h2-6,8-9,11-12,14-15H,7,10H2,1H3,(H,25,27). The summed E-state index contributed by atoms with van der Waals surface area (Å²) in [7, 11) is 1.97. The van der Waals surface area contributed by atoms with E-state index >= 15 is 0 Å². The molecule has 134 valence electrons. The fourth-order valence-electron chi connectivity index (χ4n) is 2.61. The number of nitriles is 1. The van der Waals surface area contributed by atoms with Gasteiger partial charge in [0.2, 0.25) is 0 Å². The van der Waals surface area contributed by atoms with Crippen LogP contribution < -0.4 is 10.2 Å². The molecule has 3 aromatic rings. The number of amides is 1. The molecule has 0 aliphatic heterocycles. The number of hydrogen-bond donors (Lipinski definition) is 1. The van der Waals surface area contributed by atoms with Crippen LogP contribution in [0.15, 0.2) is 67.3 Å². The molecule has 6 heteroatoms. The lowest BCUT2D eigenvalue weighted by Gasteiger charge is -2.19. The Kier molecular flexibility index (Phi) is 5.75. The summed E-state index contributed by atoms with van der Waals surface area (Å²) >= 11 is 0. The summed E-state index contributed by atoms with van der Waals surface area (Å²) in [6.45, 7) is 0.793. The van der Waals surface area contributed by atoms with E-state index in [1.54, 1.807) is 42.9 Å². The summed E-state index contributed by atoms with van der Waals surface area (Å²) in [5.74, 6) is -0.262. The maximum absolute atomic E-state index is 12.5. The first-order valence-corrected chi connectivity index (χ1v) is 8.52. The second kappa shape index (κ2) is 8.59. The van der Waals surface area contributed by atoms with Gasteiger partial charge in [-0.2, -0.15) is 5.26 Å². The van der Waals surface area contributed by atoms with Crippen molar-refractivity contribution in [2.24, 2.45) is 0 Å². The van der Waals surface area contributed by atoms with Crippen LogP contribution in [-0.2, 0) is 6.42 Å². The minimum Gasteiger partial charge on any atom is -0.373 e. The Balaban J connectivity index is 1.67. The highest BCUT2D eigenvalue weighted by atomic mass is 16.1. The zero-order valence-electron chi connectivity index (χ0n) is 15.0. The number of nitrogens with one attached hydrogen (secondary N) is 1. The molecule has 0 atom stereocenters. The Bertz CT molecular complexity index is 966. The summed E-state index contributed by atoms with van der Waals surface area (Å²) < 4.78 is 0. The van der Waals surface area contributed by atoms with Crippen molar-refractivity contribution in [3.8, 4) is 6.07 Å². The first kappa shape index (κ1) is 18.1. The molecule has 6 nitrogen and oxygen atoms in total. The summed E-state index contributed by atoms with van der Waals surface area (Å²) in [6.07, 6.45) is 7.70. The Labute approximate surface area is 158 Å². The number of anilines is 2. The van der Waals surface area contributed by atoms with Gasteiger partial charge in [-0.05, 0) is 48.4 Å². The average Bonchev–Trinajstić information content (AvgIpc) is 2.73. The largest absolute Gasteiger partial charge is 0.373 e. The van der Waals surface area contributed by atoms with Gasteiger partial charge in [-0.1, -0.05) is 6.07 Å². The van der Waals surface area contributed by atoms with Crippen LogP contribution in [0.2, 0.25) is 0 Å². The molecule has 1 N–H and O–H groups in total. The fourth-order valence-corrected chi connectivity index (χ4v) is 2.61. The topological polar surface area (TPSA) is 81.9 Å². The number of aromatic nitrogens is 2. The Morgan fingerprint density at radius 1 is 1.15 bits per heavy atom. The minimum absolute atomic E-state index is 0.262. The van der Waals surface area contributed by atoms with Crippen LogP contribution in [0.4, 0.5) is 11.4 Å². The highest BCUT2D eigenvalue weighted by Crippen LogP contribution is 2.16. The number of hydrogen-bond acceptors (Lipinski definition) is 5. The SMILES string of the molecule is CN(CCc1ccncc1)c1cncc(C(=O)Nc2cccc(C#N)c2)c1. The second-order valence-corrected chi connectivity index (χ2v) is 6.11. The van der Waals surface area contributed by atoms with Gasteiger partial charge < -0.3 is 10.2 Å². The smallest absolute Gasteiger partial charge is 0.257 e. The zero-order valence-corrected chi connectivity index (χ0v) is 15.0. The number of likely N-dealkylation sites (N-methyl/N-ethyl adjacent to an activating group) is 1. The molecule has 2 aromatic heterocycles. The van der Waals surface area contributed by atoms with E-state index in [2.05, 4.69) is 26.3 Å². The van der Waals surface area contributed by atoms with Crippen LogP contribution in [0.25, 0.3) is 0 Å². The summed E-state index contributed by atoms with van der Waals surface area (Å²) in [6, 6.07) is 14.7. The fraction of sp³-hybridized carbons (Fsp3) is 0.143. The van der Waals surface area contributed by atoms with Crippen molar-refractivity contribution in [3.63, 3.8) is 0 Å². The van der Waals surface area contributed by atoms with Crippen molar-refractivity contribution < 1.29 is 4.79 Å². The molecule has 0 fully saturated rings. The predicted molar refractivity (Wildman–Crippen MR) is 105 cm³/mol. The van der Waals surface area contributed by atoms with Crippen LogP contribution in [0, 0.1) is 11.3 Å². The molecule has 0 saturated carbocycles. The van der Waals surface area contributed by atoms with Gasteiger partial charge >= 0.3 is 0 Å². The zero-order chi connectivity index (χ0) is 19.1. The van der Waals surface area contributed by atoms with Crippen molar-refractivity contribution in [1.82, 2.24) is 9.97 Å². The first-order chi connectivity index (χ1) is 13.2. The Hall–Kier alpha value is -3.72. The molecular formula is C21H19N5O. The maximum atomic E-state index is 12.5. The summed E-state index contributed by atoms with van der Waals surface area (Å²) in [5.41, 5.74) is 3.61. The van der Waals surface area contributed by atoms with E-state index in [1.165, 1.54) is 11.8 Å². The van der Waals surface area contributed by atoms with Crippen molar-refractivity contribution in [2.75, 3.05) is 23.8 Å². The summed E-state index contributed by atoms with van der Waals surface area (Å²) in [5, 5.41) is 11.8. The quantitative estimate of drug-likeness (QED) is 0.732. The molecule has 1 aromatic carbocycles. The number of pyridine rings is 2. The van der Waals surface area contributed by atoms with Crippen LogP contribution >= 0.6 is 0 Å². The van der Waals surface area contributed by atoms with E-state index in [4.69, 9.17) is 5.26 Å². The molecule has 1 amide bonds. The number of rotatable bonds is 6. The van der Waals surface area contributed by atoms with Gasteiger partial charge in [-0.15, -0.1) is 0 Å². The Morgan fingerprint density at radius 2 is 1.96 bits per heavy atom. The maximum Gasteiger partial charge on any atom is 0.257 e. The summed E-state index contributed by atoms with van der Waals surface area (Å²) in [4.78, 5) is 22.8. The van der Waals surface area contributed by atoms with Crippen molar-refractivity contribution in [3.05, 3.63) is 83.9 Å². The molecular weight excluding hydrogens is 338 g/mol. The van der Waals surface area contributed by atoms with E-state index in [0.29, 0.717) is 16.8 Å². The first-order valence-electron chi connectivity index (χ1n) is 8.52. The van der Waals surface area contributed by atoms with E-state index in [1.807, 2.05) is 25.2 Å². The van der Waals surface area contributed by atoms with Crippen molar-refractivity contribution in [2.45, 2.75) is 6.42 Å². The second-order valence-electron chi connectivity index (χ2n) is 6.11. The van der Waals surface area contributed by atoms with E-state index in [0.717, 1.165) is 18.7 Å². The molecule has 27 heavy (non-hydrogen) atoms. The molecule has 0 unspecified atom stereocenters. The predicted octanol–water partition coefficient (Wildman–Crippen LogP) is 3.28. The van der Waals surface area contributed by atoms with Crippen molar-refractivity contribution in [1.29, 1.82) is 5.26 Å². The molecule has 0 saturated heterocycles. The number of carbonyl (C=O) groups excluding carboxylic acids is 1. The van der Waals surface area contributed by atoms with Gasteiger partial charge in [0.15, 0.2) is 0 Å². The van der Waals surface area contributed by atoms with Gasteiger partial charge in [0.05, 0.1) is 29.1 Å². The molecule has 2 heterocycles. The van der Waals surface area contributed by atoms with Gasteiger partial charge in [0.1, 0.15) is 0 Å². The molecule has 0 aliphatic carbocycles. The lowest BCUT2D eigenvalue weighted by atomic mass is 10.2. The van der Waals surface area contributed by atoms with E-state index in [-0.39, 0.29) is 5.91 Å². The lowest BCUT2D eigenvalue weighted by Crippen LogP contribution is -2.21. The van der Waals surface area contributed by atoms with Crippen LogP contribution in [0.1, 0.15) is 21.5 Å². The highest BCUT2D eigenvalue weighted by molar-refractivity contribution is 6.04. The third-order valence-corrected chi connectivity index (χ3v) is 4.16. The van der Waals surface area contributed by atoms with Crippen LogP contribution in [0.5, 0.6) is 0 Å². The monoisotopic (exact) mass is 357 g/mol. The number of nitrogens with zero attached hydrogens (tertiary/aromatic N) is 4. The minimum atomic E-state index is -0.262. The molecule has 0 aliphatic rings. The lowest BCUT2D eigenvalue weighted by molar-refractivity contribution is 0.102. The molecule has 3 rings (SSSR count). The number of benzene rings is 1. The van der Waals surface area contributed by atoms with Gasteiger partial charge in [-0.25, -0.2) is 0 Å². The van der Waals surface area contributed by atoms with Gasteiger partial charge in [0, 0.05) is 37.9 Å².